The summed E-state index contributed by atoms with van der Waals surface area (Å²) in [5, 5.41) is 17.9. The van der Waals surface area contributed by atoms with Gasteiger partial charge >= 0.3 is 0 Å². The number of rotatable bonds is 6. The van der Waals surface area contributed by atoms with Crippen molar-refractivity contribution < 1.29 is 0 Å². The Bertz CT molecular complexity index is 2430. The maximum atomic E-state index is 10.5. The summed E-state index contributed by atoms with van der Waals surface area (Å²) < 4.78 is 2.15. The van der Waals surface area contributed by atoms with Crippen molar-refractivity contribution in [1.82, 2.24) is 4.57 Å². The standard InChI is InChI=1S/C44H29N3Si/c1-46-35-25-27-44-41(30-35)40-22-11-12-23-43(40)47(44)42-26-24-33(28-34(42)31-45)32-14-13-21-39(29-32)48(36-15-5-2-6-16-36,37-17-7-3-8-18-37)38-19-9-4-10-20-38/h2-30H. The number of nitriles is 1. The first-order chi connectivity index (χ1) is 23.7. The van der Waals surface area contributed by atoms with Crippen molar-refractivity contribution in [3.8, 4) is 22.9 Å². The van der Waals surface area contributed by atoms with Crippen LogP contribution in [0.2, 0.25) is 0 Å². The van der Waals surface area contributed by atoms with Crippen molar-refractivity contribution in [3.05, 3.63) is 193 Å². The first-order valence-corrected chi connectivity index (χ1v) is 17.9. The number of para-hydroxylation sites is 1. The molecule has 3 nitrogen and oxygen atoms in total. The van der Waals surface area contributed by atoms with E-state index in [1.165, 1.54) is 20.7 Å². The van der Waals surface area contributed by atoms with E-state index in [0.717, 1.165) is 38.6 Å². The van der Waals surface area contributed by atoms with Crippen molar-refractivity contribution in [2.24, 2.45) is 0 Å². The highest BCUT2D eigenvalue weighted by molar-refractivity contribution is 7.19. The molecule has 0 saturated carbocycles. The van der Waals surface area contributed by atoms with Gasteiger partial charge in [0.25, 0.3) is 0 Å². The summed E-state index contributed by atoms with van der Waals surface area (Å²) in [6, 6.07) is 64.3. The summed E-state index contributed by atoms with van der Waals surface area (Å²) in [6.45, 7) is 7.54. The minimum absolute atomic E-state index is 0.590. The van der Waals surface area contributed by atoms with E-state index >= 15 is 0 Å². The van der Waals surface area contributed by atoms with Crippen molar-refractivity contribution >= 4 is 56.3 Å². The van der Waals surface area contributed by atoms with E-state index in [2.05, 4.69) is 155 Å². The fraction of sp³-hybridized carbons (Fsp3) is 0. The van der Waals surface area contributed by atoms with Crippen LogP contribution >= 0.6 is 0 Å². The molecule has 0 radical (unpaired) electrons. The summed E-state index contributed by atoms with van der Waals surface area (Å²) >= 11 is 0. The number of hydrogen-bond acceptors (Lipinski definition) is 1. The Hall–Kier alpha value is -6.46. The van der Waals surface area contributed by atoms with E-state index in [1.807, 2.05) is 36.4 Å². The number of benzene rings is 7. The number of nitrogens with zero attached hydrogens (tertiary/aromatic N) is 3. The van der Waals surface area contributed by atoms with E-state index < -0.39 is 8.07 Å². The van der Waals surface area contributed by atoms with E-state index in [4.69, 9.17) is 6.57 Å². The summed E-state index contributed by atoms with van der Waals surface area (Å²) in [6.07, 6.45) is 0. The molecule has 0 saturated heterocycles. The Morgan fingerprint density at radius 2 is 1.06 bits per heavy atom. The van der Waals surface area contributed by atoms with Gasteiger partial charge in [0.1, 0.15) is 6.07 Å². The van der Waals surface area contributed by atoms with Crippen LogP contribution in [0.3, 0.4) is 0 Å². The van der Waals surface area contributed by atoms with Crippen LogP contribution in [-0.2, 0) is 0 Å². The van der Waals surface area contributed by atoms with Gasteiger partial charge in [0.15, 0.2) is 13.8 Å². The molecule has 8 aromatic rings. The van der Waals surface area contributed by atoms with Gasteiger partial charge in [-0.1, -0.05) is 146 Å². The highest BCUT2D eigenvalue weighted by Crippen LogP contribution is 2.36. The van der Waals surface area contributed by atoms with Crippen LogP contribution in [0.15, 0.2) is 176 Å². The molecule has 7 aromatic carbocycles. The van der Waals surface area contributed by atoms with Crippen LogP contribution in [0.1, 0.15) is 5.56 Å². The molecule has 0 bridgehead atoms. The molecule has 0 amide bonds. The maximum absolute atomic E-state index is 10.5. The van der Waals surface area contributed by atoms with E-state index in [1.54, 1.807) is 0 Å². The zero-order valence-corrected chi connectivity index (χ0v) is 27.1. The summed E-state index contributed by atoms with van der Waals surface area (Å²) in [7, 11) is -2.70. The third-order valence-corrected chi connectivity index (χ3v) is 14.2. The molecule has 48 heavy (non-hydrogen) atoms. The average Bonchev–Trinajstić information content (AvgIpc) is 3.50. The molecule has 0 N–H and O–H groups in total. The molecule has 0 unspecified atom stereocenters. The highest BCUT2D eigenvalue weighted by Gasteiger charge is 2.41. The normalized spacial score (nSPS) is 11.3. The molecular formula is C44H29N3Si. The lowest BCUT2D eigenvalue weighted by Crippen LogP contribution is -2.74. The van der Waals surface area contributed by atoms with E-state index in [0.29, 0.717) is 11.3 Å². The Morgan fingerprint density at radius 1 is 0.500 bits per heavy atom. The second-order valence-electron chi connectivity index (χ2n) is 11.9. The predicted octanol–water partition coefficient (Wildman–Crippen LogP) is 8.25. The molecule has 0 aliphatic heterocycles. The first-order valence-electron chi connectivity index (χ1n) is 15.9. The second-order valence-corrected chi connectivity index (χ2v) is 15.7. The minimum atomic E-state index is -2.70. The number of fused-ring (bicyclic) bond motifs is 3. The summed E-state index contributed by atoms with van der Waals surface area (Å²) in [5.74, 6) is 0. The molecule has 0 aliphatic carbocycles. The fourth-order valence-electron chi connectivity index (χ4n) is 7.29. The monoisotopic (exact) mass is 627 g/mol. The van der Waals surface area contributed by atoms with Crippen LogP contribution in [0, 0.1) is 17.9 Å². The van der Waals surface area contributed by atoms with Gasteiger partial charge < -0.3 is 4.57 Å². The largest absolute Gasteiger partial charge is 0.308 e. The van der Waals surface area contributed by atoms with Crippen LogP contribution in [0.5, 0.6) is 0 Å². The zero-order valence-electron chi connectivity index (χ0n) is 26.1. The van der Waals surface area contributed by atoms with Gasteiger partial charge in [-0.2, -0.15) is 5.26 Å². The Kier molecular flexibility index (Phi) is 7.27. The minimum Gasteiger partial charge on any atom is -0.308 e. The zero-order chi connectivity index (χ0) is 32.5. The second kappa shape index (κ2) is 12.0. The predicted molar refractivity (Wildman–Crippen MR) is 201 cm³/mol. The van der Waals surface area contributed by atoms with Gasteiger partial charge in [-0.3, -0.25) is 0 Å². The van der Waals surface area contributed by atoms with Gasteiger partial charge in [0.05, 0.1) is 28.9 Å². The molecule has 224 valence electrons. The van der Waals surface area contributed by atoms with Gasteiger partial charge in [-0.25, -0.2) is 4.85 Å². The lowest BCUT2D eigenvalue weighted by molar-refractivity contribution is 1.17. The highest BCUT2D eigenvalue weighted by atomic mass is 28.3. The molecule has 1 aromatic heterocycles. The van der Waals surface area contributed by atoms with Gasteiger partial charge in [0.2, 0.25) is 0 Å². The van der Waals surface area contributed by atoms with Crippen LogP contribution in [0.25, 0.3) is 43.5 Å². The Labute approximate surface area is 281 Å². The van der Waals surface area contributed by atoms with Crippen molar-refractivity contribution in [2.45, 2.75) is 0 Å². The smallest absolute Gasteiger partial charge is 0.188 e. The topological polar surface area (TPSA) is 33.1 Å². The number of hydrogen-bond donors (Lipinski definition) is 0. The van der Waals surface area contributed by atoms with Crippen molar-refractivity contribution in [1.29, 1.82) is 5.26 Å². The molecule has 0 aliphatic rings. The average molecular weight is 628 g/mol. The third kappa shape index (κ3) is 4.64. The number of aromatic nitrogens is 1. The molecule has 0 fully saturated rings. The SMILES string of the molecule is [C-]#[N+]c1ccc2c(c1)c1ccccc1n2-c1ccc(-c2cccc([Si](c3ccccc3)(c3ccccc3)c3ccccc3)c2)cc1C#N. The Morgan fingerprint density at radius 3 is 1.69 bits per heavy atom. The fourth-order valence-corrected chi connectivity index (χ4v) is 12.1. The van der Waals surface area contributed by atoms with Crippen LogP contribution < -0.4 is 20.7 Å². The summed E-state index contributed by atoms with van der Waals surface area (Å²) in [4.78, 5) is 3.66. The third-order valence-electron chi connectivity index (χ3n) is 9.39. The van der Waals surface area contributed by atoms with E-state index in [-0.39, 0.29) is 0 Å². The molecule has 1 heterocycles. The Balaban J connectivity index is 1.33. The lowest BCUT2D eigenvalue weighted by Gasteiger charge is -2.34. The summed E-state index contributed by atoms with van der Waals surface area (Å²) in [5.41, 5.74) is 6.05. The van der Waals surface area contributed by atoms with Crippen LogP contribution in [0.4, 0.5) is 5.69 Å². The van der Waals surface area contributed by atoms with Gasteiger partial charge in [0, 0.05) is 5.39 Å². The molecule has 4 heteroatoms. The van der Waals surface area contributed by atoms with Gasteiger partial charge in [-0.05, 0) is 67.6 Å². The molecular weight excluding hydrogens is 599 g/mol. The van der Waals surface area contributed by atoms with Crippen LogP contribution in [-0.4, -0.2) is 12.6 Å². The van der Waals surface area contributed by atoms with Crippen molar-refractivity contribution in [3.63, 3.8) is 0 Å². The first kappa shape index (κ1) is 29.0. The molecule has 8 rings (SSSR count). The molecule has 0 atom stereocenters. The molecule has 0 spiro atoms. The van der Waals surface area contributed by atoms with Gasteiger partial charge in [-0.15, -0.1) is 0 Å². The maximum Gasteiger partial charge on any atom is 0.188 e. The van der Waals surface area contributed by atoms with E-state index in [9.17, 15) is 5.26 Å². The van der Waals surface area contributed by atoms with Crippen molar-refractivity contribution in [2.75, 3.05) is 0 Å². The lowest BCUT2D eigenvalue weighted by atomic mass is 10.0. The quantitative estimate of drug-likeness (QED) is 0.104.